The molecule has 2 aromatic carbocycles. The van der Waals surface area contributed by atoms with Gasteiger partial charge in [0.25, 0.3) is 0 Å². The van der Waals surface area contributed by atoms with Gasteiger partial charge >= 0.3 is 0 Å². The molecule has 0 aliphatic carbocycles. The van der Waals surface area contributed by atoms with Crippen molar-refractivity contribution in [3.05, 3.63) is 70.7 Å². The lowest BCUT2D eigenvalue weighted by Gasteiger charge is -2.05. The first-order valence-corrected chi connectivity index (χ1v) is 8.96. The molecular weight excluding hydrogens is 300 g/mol. The number of nitrogens with zero attached hydrogens (tertiary/aromatic N) is 1. The zero-order valence-corrected chi connectivity index (χ0v) is 14.3. The summed E-state index contributed by atoms with van der Waals surface area (Å²) in [6.07, 6.45) is 4.30. The topological polar surface area (TPSA) is 38.9 Å². The Bertz CT molecular complexity index is 745. The molecule has 1 aromatic heterocycles. The lowest BCUT2D eigenvalue weighted by molar-refractivity contribution is 0.775. The highest BCUT2D eigenvalue weighted by atomic mass is 32.1. The summed E-state index contributed by atoms with van der Waals surface area (Å²) >= 11 is 1.63. The van der Waals surface area contributed by atoms with Crippen molar-refractivity contribution in [2.45, 2.75) is 32.6 Å². The lowest BCUT2D eigenvalue weighted by Crippen LogP contribution is -1.93. The number of nitrogen functional groups attached to an aromatic ring is 1. The van der Waals surface area contributed by atoms with Crippen molar-refractivity contribution < 1.29 is 0 Å². The number of thiazole rings is 1. The molecule has 3 aromatic rings. The highest BCUT2D eigenvalue weighted by molar-refractivity contribution is 7.15. The van der Waals surface area contributed by atoms with Crippen molar-refractivity contribution in [2.75, 3.05) is 5.73 Å². The second-order valence-corrected chi connectivity index (χ2v) is 6.88. The van der Waals surface area contributed by atoms with Gasteiger partial charge in [0, 0.05) is 11.3 Å². The molecule has 0 saturated heterocycles. The summed E-state index contributed by atoms with van der Waals surface area (Å²) in [5.74, 6) is 0. The summed E-state index contributed by atoms with van der Waals surface area (Å²) in [6.45, 7) is 2.21. The molecule has 0 bridgehead atoms. The molecule has 0 fully saturated rings. The van der Waals surface area contributed by atoms with E-state index in [-0.39, 0.29) is 0 Å². The van der Waals surface area contributed by atoms with Crippen molar-refractivity contribution in [3.63, 3.8) is 0 Å². The van der Waals surface area contributed by atoms with Gasteiger partial charge in [-0.1, -0.05) is 67.9 Å². The fourth-order valence-corrected chi connectivity index (χ4v) is 3.62. The van der Waals surface area contributed by atoms with Crippen LogP contribution in [0.25, 0.3) is 11.1 Å². The van der Waals surface area contributed by atoms with Gasteiger partial charge in [0.1, 0.15) is 0 Å². The van der Waals surface area contributed by atoms with Gasteiger partial charge in [0.2, 0.25) is 0 Å². The maximum Gasteiger partial charge on any atom is 0.180 e. The van der Waals surface area contributed by atoms with E-state index in [4.69, 9.17) is 5.73 Å². The molecule has 0 aliphatic heterocycles. The number of hydrogen-bond acceptors (Lipinski definition) is 3. The summed E-state index contributed by atoms with van der Waals surface area (Å²) in [5.41, 5.74) is 10.9. The van der Waals surface area contributed by atoms with Gasteiger partial charge in [-0.3, -0.25) is 0 Å². The molecule has 0 aliphatic rings. The molecule has 0 radical (unpaired) electrons. The van der Waals surface area contributed by atoms with Gasteiger partial charge in [0.15, 0.2) is 5.13 Å². The first-order chi connectivity index (χ1) is 11.3. The number of benzene rings is 2. The number of hydrogen-bond donors (Lipinski definition) is 1. The molecule has 118 valence electrons. The van der Waals surface area contributed by atoms with Crippen LogP contribution in [0.2, 0.25) is 0 Å². The Kier molecular flexibility index (Phi) is 5.09. The Morgan fingerprint density at radius 2 is 1.65 bits per heavy atom. The molecule has 0 saturated carbocycles. The molecule has 1 heterocycles. The zero-order chi connectivity index (χ0) is 16.1. The molecule has 2 N–H and O–H groups in total. The van der Waals surface area contributed by atoms with Gasteiger partial charge in [0.05, 0.1) is 5.69 Å². The van der Waals surface area contributed by atoms with Crippen LogP contribution >= 0.6 is 11.3 Å². The normalized spacial score (nSPS) is 10.8. The standard InChI is InChI=1S/C20H22N2S/c1-2-3-9-18-19(23-20(21)22-18)14-15-10-12-17(13-11-15)16-7-5-4-6-8-16/h4-8,10-13H,2-3,9,14H2,1H3,(H2,21,22). The highest BCUT2D eigenvalue weighted by Crippen LogP contribution is 2.26. The van der Waals surface area contributed by atoms with Crippen LogP contribution in [0.1, 0.15) is 35.9 Å². The van der Waals surface area contributed by atoms with Gasteiger partial charge in [-0.2, -0.15) is 0 Å². The van der Waals surface area contributed by atoms with Crippen LogP contribution in [0, 0.1) is 0 Å². The van der Waals surface area contributed by atoms with Crippen LogP contribution in [-0.4, -0.2) is 4.98 Å². The minimum atomic E-state index is 0.687. The van der Waals surface area contributed by atoms with Gasteiger partial charge in [-0.05, 0) is 29.5 Å². The molecule has 0 amide bonds. The van der Waals surface area contributed by atoms with Gasteiger partial charge < -0.3 is 5.73 Å². The number of unbranched alkanes of at least 4 members (excludes halogenated alkanes) is 1. The predicted molar refractivity (Wildman–Crippen MR) is 99.8 cm³/mol. The average molecular weight is 322 g/mol. The second kappa shape index (κ2) is 7.42. The predicted octanol–water partition coefficient (Wildman–Crippen LogP) is 5.33. The fraction of sp³-hybridized carbons (Fsp3) is 0.250. The minimum Gasteiger partial charge on any atom is -0.375 e. The SMILES string of the molecule is CCCCc1nc(N)sc1Cc1ccc(-c2ccccc2)cc1. The van der Waals surface area contributed by atoms with Gasteiger partial charge in [-0.15, -0.1) is 11.3 Å². The van der Waals surface area contributed by atoms with Crippen LogP contribution in [0.15, 0.2) is 54.6 Å². The number of nitrogens with two attached hydrogens (primary N) is 1. The quantitative estimate of drug-likeness (QED) is 0.666. The van der Waals surface area contributed by atoms with Crippen LogP contribution in [0.4, 0.5) is 5.13 Å². The maximum atomic E-state index is 5.91. The average Bonchev–Trinajstić information content (AvgIpc) is 2.94. The van der Waals surface area contributed by atoms with Crippen molar-refractivity contribution in [2.24, 2.45) is 0 Å². The van der Waals surface area contributed by atoms with Gasteiger partial charge in [-0.25, -0.2) is 4.98 Å². The van der Waals surface area contributed by atoms with E-state index in [2.05, 4.69) is 60.4 Å². The van der Waals surface area contributed by atoms with E-state index >= 15 is 0 Å². The number of aromatic nitrogens is 1. The molecule has 0 spiro atoms. The van der Waals surface area contributed by atoms with E-state index in [9.17, 15) is 0 Å². The Balaban J connectivity index is 1.76. The second-order valence-electron chi connectivity index (χ2n) is 5.77. The fourth-order valence-electron chi connectivity index (χ4n) is 2.71. The van der Waals surface area contributed by atoms with Crippen molar-refractivity contribution in [1.82, 2.24) is 4.98 Å². The first-order valence-electron chi connectivity index (χ1n) is 8.14. The summed E-state index contributed by atoms with van der Waals surface area (Å²) in [6, 6.07) is 19.3. The Morgan fingerprint density at radius 1 is 0.957 bits per heavy atom. The monoisotopic (exact) mass is 322 g/mol. The lowest BCUT2D eigenvalue weighted by atomic mass is 10.0. The summed E-state index contributed by atoms with van der Waals surface area (Å²) in [5, 5.41) is 0.687. The van der Waals surface area contributed by atoms with E-state index in [0.717, 1.165) is 12.8 Å². The Labute approximate surface area is 142 Å². The maximum absolute atomic E-state index is 5.91. The van der Waals surface area contributed by atoms with Crippen molar-refractivity contribution in [3.8, 4) is 11.1 Å². The first kappa shape index (κ1) is 15.8. The number of rotatable bonds is 6. The van der Waals surface area contributed by atoms with Crippen LogP contribution in [-0.2, 0) is 12.8 Å². The molecule has 3 heteroatoms. The zero-order valence-electron chi connectivity index (χ0n) is 13.5. The molecular formula is C20H22N2S. The van der Waals surface area contributed by atoms with Crippen molar-refractivity contribution >= 4 is 16.5 Å². The summed E-state index contributed by atoms with van der Waals surface area (Å²) in [4.78, 5) is 5.81. The third-order valence-corrected chi connectivity index (χ3v) is 4.91. The molecule has 2 nitrogen and oxygen atoms in total. The van der Waals surface area contributed by atoms with Crippen LogP contribution in [0.3, 0.4) is 0 Å². The Morgan fingerprint density at radius 3 is 2.35 bits per heavy atom. The van der Waals surface area contributed by atoms with Crippen molar-refractivity contribution in [1.29, 1.82) is 0 Å². The smallest absolute Gasteiger partial charge is 0.180 e. The van der Waals surface area contributed by atoms with Crippen LogP contribution in [0.5, 0.6) is 0 Å². The molecule has 0 unspecified atom stereocenters. The highest BCUT2D eigenvalue weighted by Gasteiger charge is 2.10. The number of anilines is 1. The van der Waals surface area contributed by atoms with E-state index in [0.29, 0.717) is 5.13 Å². The van der Waals surface area contributed by atoms with E-state index in [1.54, 1.807) is 11.3 Å². The summed E-state index contributed by atoms with van der Waals surface area (Å²) < 4.78 is 0. The summed E-state index contributed by atoms with van der Waals surface area (Å²) in [7, 11) is 0. The largest absolute Gasteiger partial charge is 0.375 e. The Hall–Kier alpha value is -2.13. The number of aryl methyl sites for hydroxylation is 1. The third-order valence-electron chi connectivity index (χ3n) is 3.99. The molecule has 0 atom stereocenters. The third kappa shape index (κ3) is 3.99. The van der Waals surface area contributed by atoms with Crippen LogP contribution < -0.4 is 5.73 Å². The molecule has 23 heavy (non-hydrogen) atoms. The minimum absolute atomic E-state index is 0.687. The van der Waals surface area contributed by atoms with E-state index in [1.807, 2.05) is 6.07 Å². The van der Waals surface area contributed by atoms with E-state index in [1.165, 1.54) is 40.1 Å². The van der Waals surface area contributed by atoms with E-state index < -0.39 is 0 Å². The molecule has 3 rings (SSSR count).